The van der Waals surface area contributed by atoms with Crippen molar-refractivity contribution >= 4 is 16.9 Å². The molecular formula is C29H27N5O. The zero-order valence-electron chi connectivity index (χ0n) is 20.0. The van der Waals surface area contributed by atoms with Crippen LogP contribution in [-0.4, -0.2) is 25.7 Å². The van der Waals surface area contributed by atoms with Gasteiger partial charge in [0.15, 0.2) is 5.65 Å². The summed E-state index contributed by atoms with van der Waals surface area (Å²) in [5.41, 5.74) is 6.05. The lowest BCUT2D eigenvalue weighted by atomic mass is 9.98. The highest BCUT2D eigenvalue weighted by atomic mass is 16.1. The Morgan fingerprint density at radius 1 is 0.914 bits per heavy atom. The van der Waals surface area contributed by atoms with E-state index in [0.29, 0.717) is 11.2 Å². The summed E-state index contributed by atoms with van der Waals surface area (Å²) < 4.78 is 1.87. The molecule has 6 nitrogen and oxygen atoms in total. The van der Waals surface area contributed by atoms with Gasteiger partial charge in [-0.25, -0.2) is 9.67 Å². The minimum absolute atomic E-state index is 0.108. The molecule has 0 saturated carbocycles. The predicted octanol–water partition coefficient (Wildman–Crippen LogP) is 5.90. The SMILES string of the molecule is Cc1ccccc1-c1cc(C(=O)NC(c2ccccc2)c2ccncc2)c2cnn(C(C)C)c2n1. The average molecular weight is 462 g/mol. The third kappa shape index (κ3) is 4.43. The van der Waals surface area contributed by atoms with Crippen LogP contribution in [0.5, 0.6) is 0 Å². The molecule has 5 aromatic rings. The summed E-state index contributed by atoms with van der Waals surface area (Å²) in [6.45, 7) is 6.17. The normalized spacial score (nSPS) is 12.1. The highest BCUT2D eigenvalue weighted by Crippen LogP contribution is 2.29. The van der Waals surface area contributed by atoms with Gasteiger partial charge >= 0.3 is 0 Å². The van der Waals surface area contributed by atoms with Crippen molar-refractivity contribution in [3.05, 3.63) is 114 Å². The van der Waals surface area contributed by atoms with Gasteiger partial charge in [0, 0.05) is 24.0 Å². The molecule has 1 atom stereocenters. The lowest BCUT2D eigenvalue weighted by Gasteiger charge is -2.20. The van der Waals surface area contributed by atoms with Crippen LogP contribution in [-0.2, 0) is 0 Å². The van der Waals surface area contributed by atoms with E-state index in [1.165, 1.54) is 0 Å². The Kier molecular flexibility index (Phi) is 6.10. The fourth-order valence-electron chi connectivity index (χ4n) is 4.35. The van der Waals surface area contributed by atoms with Gasteiger partial charge in [0.25, 0.3) is 5.91 Å². The van der Waals surface area contributed by atoms with Gasteiger partial charge in [-0.05, 0) is 55.7 Å². The highest BCUT2D eigenvalue weighted by Gasteiger charge is 2.23. The molecule has 6 heteroatoms. The van der Waals surface area contributed by atoms with Crippen molar-refractivity contribution in [2.45, 2.75) is 32.9 Å². The maximum Gasteiger partial charge on any atom is 0.252 e. The van der Waals surface area contributed by atoms with E-state index in [1.807, 2.05) is 71.4 Å². The summed E-state index contributed by atoms with van der Waals surface area (Å²) in [5, 5.41) is 8.55. The quantitative estimate of drug-likeness (QED) is 0.342. The molecule has 1 amide bonds. The largest absolute Gasteiger partial charge is 0.341 e. The van der Waals surface area contributed by atoms with Crippen molar-refractivity contribution in [2.75, 3.05) is 0 Å². The number of fused-ring (bicyclic) bond motifs is 1. The van der Waals surface area contributed by atoms with Gasteiger partial charge < -0.3 is 5.32 Å². The zero-order chi connectivity index (χ0) is 24.4. The van der Waals surface area contributed by atoms with Crippen LogP contribution < -0.4 is 5.32 Å². The van der Waals surface area contributed by atoms with E-state index in [9.17, 15) is 4.79 Å². The van der Waals surface area contributed by atoms with Crippen LogP contribution in [0.1, 0.15) is 53.0 Å². The molecule has 174 valence electrons. The first-order chi connectivity index (χ1) is 17.0. The Labute approximate surface area is 204 Å². The van der Waals surface area contributed by atoms with Crippen LogP contribution in [0.25, 0.3) is 22.3 Å². The predicted molar refractivity (Wildman–Crippen MR) is 138 cm³/mol. The Morgan fingerprint density at radius 2 is 1.60 bits per heavy atom. The van der Waals surface area contributed by atoms with Crippen molar-refractivity contribution in [2.24, 2.45) is 0 Å². The summed E-state index contributed by atoms with van der Waals surface area (Å²) in [6, 6.07) is 23.5. The van der Waals surface area contributed by atoms with Crippen LogP contribution in [0.3, 0.4) is 0 Å². The molecule has 2 aromatic carbocycles. The number of aryl methyl sites for hydroxylation is 1. The molecule has 0 saturated heterocycles. The van der Waals surface area contributed by atoms with Crippen LogP contribution in [0.4, 0.5) is 0 Å². The first kappa shape index (κ1) is 22.5. The zero-order valence-corrected chi connectivity index (χ0v) is 20.0. The van der Waals surface area contributed by atoms with Crippen molar-refractivity contribution in [1.82, 2.24) is 25.1 Å². The van der Waals surface area contributed by atoms with E-state index in [-0.39, 0.29) is 18.0 Å². The molecule has 0 spiro atoms. The van der Waals surface area contributed by atoms with Gasteiger partial charge in [-0.2, -0.15) is 5.10 Å². The second kappa shape index (κ2) is 9.50. The molecule has 1 N–H and O–H groups in total. The van der Waals surface area contributed by atoms with Crippen LogP contribution in [0.2, 0.25) is 0 Å². The standard InChI is InChI=1S/C29H27N5O/c1-19(2)34-28-25(18-31-34)24(17-26(32-28)23-12-8-7-9-20(23)3)29(35)33-27(21-10-5-4-6-11-21)22-13-15-30-16-14-22/h4-19,27H,1-3H3,(H,33,35). The highest BCUT2D eigenvalue weighted by molar-refractivity contribution is 6.06. The number of nitrogens with one attached hydrogen (secondary N) is 1. The number of amides is 1. The van der Waals surface area contributed by atoms with Gasteiger partial charge in [0.2, 0.25) is 0 Å². The summed E-state index contributed by atoms with van der Waals surface area (Å²) in [7, 11) is 0. The van der Waals surface area contributed by atoms with Gasteiger partial charge in [-0.3, -0.25) is 9.78 Å². The number of aromatic nitrogens is 4. The Bertz CT molecular complexity index is 1440. The fraction of sp³-hybridized carbons (Fsp3) is 0.172. The van der Waals surface area contributed by atoms with Crippen molar-refractivity contribution in [3.63, 3.8) is 0 Å². The summed E-state index contributed by atoms with van der Waals surface area (Å²) in [5.74, 6) is -0.179. The minimum atomic E-state index is -0.322. The van der Waals surface area contributed by atoms with Crippen LogP contribution >= 0.6 is 0 Å². The van der Waals surface area contributed by atoms with Gasteiger partial charge in [0.05, 0.1) is 28.9 Å². The number of carbonyl (C=O) groups is 1. The number of carbonyl (C=O) groups excluding carboxylic acids is 1. The number of hydrogen-bond donors (Lipinski definition) is 1. The monoisotopic (exact) mass is 461 g/mol. The number of benzene rings is 2. The number of hydrogen-bond acceptors (Lipinski definition) is 4. The van der Waals surface area contributed by atoms with Gasteiger partial charge in [-0.1, -0.05) is 54.6 Å². The van der Waals surface area contributed by atoms with Crippen molar-refractivity contribution < 1.29 is 4.79 Å². The lowest BCUT2D eigenvalue weighted by Crippen LogP contribution is -2.29. The molecule has 3 heterocycles. The molecule has 0 bridgehead atoms. The second-order valence-electron chi connectivity index (χ2n) is 8.89. The Morgan fingerprint density at radius 3 is 2.31 bits per heavy atom. The third-order valence-corrected chi connectivity index (χ3v) is 6.17. The van der Waals surface area contributed by atoms with Crippen molar-refractivity contribution in [3.8, 4) is 11.3 Å². The summed E-state index contributed by atoms with van der Waals surface area (Å²) in [6.07, 6.45) is 5.22. The molecule has 35 heavy (non-hydrogen) atoms. The molecule has 0 aliphatic rings. The minimum Gasteiger partial charge on any atom is -0.341 e. The van der Waals surface area contributed by atoms with E-state index >= 15 is 0 Å². The molecule has 5 rings (SSSR count). The van der Waals surface area contributed by atoms with E-state index in [4.69, 9.17) is 4.98 Å². The molecular weight excluding hydrogens is 434 g/mol. The van der Waals surface area contributed by atoms with E-state index in [1.54, 1.807) is 18.6 Å². The molecule has 0 fully saturated rings. The second-order valence-corrected chi connectivity index (χ2v) is 8.89. The molecule has 1 unspecified atom stereocenters. The first-order valence-corrected chi connectivity index (χ1v) is 11.7. The molecule has 0 radical (unpaired) electrons. The number of rotatable bonds is 6. The topological polar surface area (TPSA) is 72.7 Å². The van der Waals surface area contributed by atoms with Crippen LogP contribution in [0.15, 0.2) is 91.4 Å². The summed E-state index contributed by atoms with van der Waals surface area (Å²) in [4.78, 5) is 23.0. The molecule has 0 aliphatic carbocycles. The maximum absolute atomic E-state index is 13.9. The Balaban J connectivity index is 1.64. The fourth-order valence-corrected chi connectivity index (χ4v) is 4.35. The smallest absolute Gasteiger partial charge is 0.252 e. The van der Waals surface area contributed by atoms with E-state index in [0.717, 1.165) is 33.3 Å². The molecule has 0 aliphatic heterocycles. The van der Waals surface area contributed by atoms with E-state index < -0.39 is 0 Å². The van der Waals surface area contributed by atoms with Crippen LogP contribution in [0, 0.1) is 6.92 Å². The number of nitrogens with zero attached hydrogens (tertiary/aromatic N) is 4. The number of pyridine rings is 2. The summed E-state index contributed by atoms with van der Waals surface area (Å²) >= 11 is 0. The van der Waals surface area contributed by atoms with Crippen molar-refractivity contribution in [1.29, 1.82) is 0 Å². The van der Waals surface area contributed by atoms with Gasteiger partial charge in [0.1, 0.15) is 0 Å². The average Bonchev–Trinajstić information content (AvgIpc) is 3.32. The first-order valence-electron chi connectivity index (χ1n) is 11.7. The third-order valence-electron chi connectivity index (χ3n) is 6.17. The maximum atomic E-state index is 13.9. The lowest BCUT2D eigenvalue weighted by molar-refractivity contribution is 0.0944. The molecule has 3 aromatic heterocycles. The van der Waals surface area contributed by atoms with E-state index in [2.05, 4.69) is 42.2 Å². The van der Waals surface area contributed by atoms with Gasteiger partial charge in [-0.15, -0.1) is 0 Å². The Hall–Kier alpha value is -4.32.